The minimum Gasteiger partial charge on any atom is -0.0616 e. The summed E-state index contributed by atoms with van der Waals surface area (Å²) in [6.07, 6.45) is 0.843. The van der Waals surface area contributed by atoms with Crippen LogP contribution in [-0.2, 0) is 6.42 Å². The van der Waals surface area contributed by atoms with E-state index in [0.717, 1.165) is 10.9 Å². The van der Waals surface area contributed by atoms with Crippen molar-refractivity contribution in [1.29, 1.82) is 0 Å². The number of benzene rings is 2. The van der Waals surface area contributed by atoms with E-state index in [1.807, 2.05) is 6.07 Å². The number of rotatable bonds is 2. The first-order chi connectivity index (χ1) is 7.31. The predicted octanol–water partition coefficient (Wildman–Crippen LogP) is 4.49. The Hall–Kier alpha value is -1.08. The first kappa shape index (κ1) is 10.4. The first-order valence-electron chi connectivity index (χ1n) is 4.94. The molecule has 1 radical (unpaired) electrons. The Morgan fingerprint density at radius 3 is 2.20 bits per heavy atom. The molecule has 0 aliphatic rings. The maximum absolute atomic E-state index is 3.87. The lowest BCUT2D eigenvalue weighted by Gasteiger charge is -2.05. The number of hydrogen-bond donors (Lipinski definition) is 0. The van der Waals surface area contributed by atoms with Gasteiger partial charge in [-0.1, -0.05) is 58.4 Å². The molecular weight excluding hydrogens is 248 g/mol. The average Bonchev–Trinajstić information content (AvgIpc) is 2.30. The lowest BCUT2D eigenvalue weighted by atomic mass is 10.0. The molecule has 0 aliphatic heterocycles. The summed E-state index contributed by atoms with van der Waals surface area (Å²) in [6, 6.07) is 16.8. The van der Waals surface area contributed by atoms with Gasteiger partial charge in [0, 0.05) is 4.47 Å². The van der Waals surface area contributed by atoms with Crippen molar-refractivity contribution in [2.24, 2.45) is 0 Å². The highest BCUT2D eigenvalue weighted by atomic mass is 79.9. The Balaban J connectivity index is 2.42. The lowest BCUT2D eigenvalue weighted by Crippen LogP contribution is -1.82. The van der Waals surface area contributed by atoms with Crippen molar-refractivity contribution >= 4 is 15.9 Å². The van der Waals surface area contributed by atoms with Gasteiger partial charge >= 0.3 is 0 Å². The number of halogens is 1. The van der Waals surface area contributed by atoms with Gasteiger partial charge in [0.1, 0.15) is 0 Å². The summed E-state index contributed by atoms with van der Waals surface area (Å²) >= 11 is 3.56. The normalized spacial score (nSPS) is 10.3. The molecule has 0 heterocycles. The summed E-state index contributed by atoms with van der Waals surface area (Å²) in [5.41, 5.74) is 3.73. The average molecular weight is 260 g/mol. The molecule has 2 rings (SSSR count). The standard InChI is InChI=1S/C14H12Br/c1-2-11-7-9-12(10-8-11)13-5-3-4-6-14(13)15/h3-10H,1-2H2. The van der Waals surface area contributed by atoms with Crippen molar-refractivity contribution in [2.75, 3.05) is 0 Å². The zero-order valence-corrected chi connectivity index (χ0v) is 10.00. The van der Waals surface area contributed by atoms with Crippen molar-refractivity contribution in [3.05, 3.63) is 65.5 Å². The second-order valence-electron chi connectivity index (χ2n) is 3.43. The van der Waals surface area contributed by atoms with E-state index in [4.69, 9.17) is 0 Å². The molecule has 0 aromatic heterocycles. The van der Waals surface area contributed by atoms with Gasteiger partial charge in [-0.05, 0) is 36.1 Å². The molecule has 0 amide bonds. The first-order valence-corrected chi connectivity index (χ1v) is 5.73. The molecule has 0 nitrogen and oxygen atoms in total. The molecule has 2 aromatic rings. The molecule has 1 heteroatoms. The number of hydrogen-bond acceptors (Lipinski definition) is 0. The van der Waals surface area contributed by atoms with Crippen molar-refractivity contribution in [3.8, 4) is 11.1 Å². The third kappa shape index (κ3) is 2.29. The smallest absolute Gasteiger partial charge is 0.0253 e. The predicted molar refractivity (Wildman–Crippen MR) is 68.6 cm³/mol. The van der Waals surface area contributed by atoms with E-state index in [9.17, 15) is 0 Å². The van der Waals surface area contributed by atoms with Gasteiger partial charge in [-0.3, -0.25) is 0 Å². The van der Waals surface area contributed by atoms with Crippen LogP contribution in [0.5, 0.6) is 0 Å². The Kier molecular flexibility index (Phi) is 3.22. The molecule has 0 saturated carbocycles. The second-order valence-corrected chi connectivity index (χ2v) is 4.28. The van der Waals surface area contributed by atoms with E-state index in [1.165, 1.54) is 16.7 Å². The van der Waals surface area contributed by atoms with Crippen molar-refractivity contribution in [3.63, 3.8) is 0 Å². The minimum atomic E-state index is 0.843. The van der Waals surface area contributed by atoms with Crippen LogP contribution in [0.2, 0.25) is 0 Å². The third-order valence-electron chi connectivity index (χ3n) is 2.43. The molecule has 75 valence electrons. The zero-order chi connectivity index (χ0) is 10.7. The van der Waals surface area contributed by atoms with Gasteiger partial charge in [0.2, 0.25) is 0 Å². The molecular formula is C14H12Br. The van der Waals surface area contributed by atoms with Gasteiger partial charge in [-0.2, -0.15) is 0 Å². The minimum absolute atomic E-state index is 0.843. The molecule has 0 unspecified atom stereocenters. The summed E-state index contributed by atoms with van der Waals surface area (Å²) in [4.78, 5) is 0. The van der Waals surface area contributed by atoms with Crippen LogP contribution in [0.1, 0.15) is 5.56 Å². The van der Waals surface area contributed by atoms with Crippen molar-refractivity contribution in [2.45, 2.75) is 6.42 Å². The molecule has 0 saturated heterocycles. The van der Waals surface area contributed by atoms with Gasteiger partial charge in [-0.25, -0.2) is 0 Å². The molecule has 0 fully saturated rings. The largest absolute Gasteiger partial charge is 0.0616 e. The summed E-state index contributed by atoms with van der Waals surface area (Å²) in [5, 5.41) is 0. The van der Waals surface area contributed by atoms with Crippen LogP contribution < -0.4 is 0 Å². The fraction of sp³-hybridized carbons (Fsp3) is 0.0714. The monoisotopic (exact) mass is 259 g/mol. The Bertz CT molecular complexity index is 443. The van der Waals surface area contributed by atoms with Crippen LogP contribution in [0.15, 0.2) is 53.0 Å². The maximum Gasteiger partial charge on any atom is 0.0253 e. The van der Waals surface area contributed by atoms with Crippen molar-refractivity contribution in [1.82, 2.24) is 0 Å². The van der Waals surface area contributed by atoms with E-state index >= 15 is 0 Å². The summed E-state index contributed by atoms with van der Waals surface area (Å²) < 4.78 is 1.13. The third-order valence-corrected chi connectivity index (χ3v) is 3.12. The fourth-order valence-corrected chi connectivity index (χ4v) is 2.06. The molecule has 0 atom stereocenters. The highest BCUT2D eigenvalue weighted by molar-refractivity contribution is 9.10. The van der Waals surface area contributed by atoms with Crippen LogP contribution in [0.25, 0.3) is 11.1 Å². The SMILES string of the molecule is [CH2]Cc1ccc(-c2ccccc2Br)cc1. The van der Waals surface area contributed by atoms with Gasteiger partial charge in [-0.15, -0.1) is 0 Å². The molecule has 0 bridgehead atoms. The van der Waals surface area contributed by atoms with Crippen molar-refractivity contribution < 1.29 is 0 Å². The highest BCUT2D eigenvalue weighted by Crippen LogP contribution is 2.27. The highest BCUT2D eigenvalue weighted by Gasteiger charge is 2.00. The zero-order valence-electron chi connectivity index (χ0n) is 8.41. The maximum atomic E-state index is 3.87. The Morgan fingerprint density at radius 2 is 1.60 bits per heavy atom. The van der Waals surface area contributed by atoms with Gasteiger partial charge in [0.05, 0.1) is 0 Å². The van der Waals surface area contributed by atoms with E-state index in [2.05, 4.69) is 65.3 Å². The quantitative estimate of drug-likeness (QED) is 0.746. The van der Waals surface area contributed by atoms with Gasteiger partial charge in [0.25, 0.3) is 0 Å². The van der Waals surface area contributed by atoms with Crippen LogP contribution in [0, 0.1) is 6.92 Å². The van der Waals surface area contributed by atoms with Gasteiger partial charge < -0.3 is 0 Å². The van der Waals surface area contributed by atoms with Crippen LogP contribution >= 0.6 is 15.9 Å². The Morgan fingerprint density at radius 1 is 0.933 bits per heavy atom. The topological polar surface area (TPSA) is 0 Å². The fourth-order valence-electron chi connectivity index (χ4n) is 1.55. The van der Waals surface area contributed by atoms with E-state index in [1.54, 1.807) is 0 Å². The van der Waals surface area contributed by atoms with Gasteiger partial charge in [0.15, 0.2) is 0 Å². The van der Waals surface area contributed by atoms with E-state index < -0.39 is 0 Å². The van der Waals surface area contributed by atoms with Crippen LogP contribution in [0.3, 0.4) is 0 Å². The van der Waals surface area contributed by atoms with E-state index in [0.29, 0.717) is 0 Å². The molecule has 0 spiro atoms. The second kappa shape index (κ2) is 4.63. The molecule has 2 aromatic carbocycles. The summed E-state index contributed by atoms with van der Waals surface area (Å²) in [7, 11) is 0. The Labute approximate surface area is 99.1 Å². The van der Waals surface area contributed by atoms with Crippen LogP contribution in [0.4, 0.5) is 0 Å². The lowest BCUT2D eigenvalue weighted by molar-refractivity contribution is 1.27. The summed E-state index contributed by atoms with van der Waals surface area (Å²) in [5.74, 6) is 0. The molecule has 0 aliphatic carbocycles. The van der Waals surface area contributed by atoms with E-state index in [-0.39, 0.29) is 0 Å². The molecule has 15 heavy (non-hydrogen) atoms. The van der Waals surface area contributed by atoms with Crippen LogP contribution in [-0.4, -0.2) is 0 Å². The molecule has 0 N–H and O–H groups in total. The summed E-state index contributed by atoms with van der Waals surface area (Å²) in [6.45, 7) is 3.87.